The number of benzene rings is 2. The lowest BCUT2D eigenvalue weighted by molar-refractivity contribution is -0.154. The molecule has 0 aliphatic rings. The second kappa shape index (κ2) is 7.95. The first-order valence-electron chi connectivity index (χ1n) is 8.11. The van der Waals surface area contributed by atoms with E-state index >= 15 is 0 Å². The van der Waals surface area contributed by atoms with E-state index in [1.54, 1.807) is 0 Å². The molecule has 0 unspecified atom stereocenters. The highest BCUT2D eigenvalue weighted by atomic mass is 19.1. The summed E-state index contributed by atoms with van der Waals surface area (Å²) in [6.45, 7) is 6.12. The van der Waals surface area contributed by atoms with E-state index in [1.165, 1.54) is 12.1 Å². The zero-order valence-electron chi connectivity index (χ0n) is 14.4. The topological polar surface area (TPSA) is 38.3 Å². The molecule has 0 amide bonds. The Labute approximate surface area is 142 Å². The summed E-state index contributed by atoms with van der Waals surface area (Å²) in [6, 6.07) is 14.7. The van der Waals surface area contributed by atoms with Crippen LogP contribution in [0.25, 0.3) is 0 Å². The third kappa shape index (κ3) is 6.41. The zero-order chi connectivity index (χ0) is 17.6. The van der Waals surface area contributed by atoms with Gasteiger partial charge in [0.2, 0.25) is 0 Å². The van der Waals surface area contributed by atoms with Crippen LogP contribution >= 0.6 is 0 Å². The summed E-state index contributed by atoms with van der Waals surface area (Å²) in [7, 11) is 0. The van der Waals surface area contributed by atoms with Crippen molar-refractivity contribution >= 4 is 11.7 Å². The van der Waals surface area contributed by atoms with Gasteiger partial charge in [0, 0.05) is 18.7 Å². The van der Waals surface area contributed by atoms with Gasteiger partial charge in [-0.1, -0.05) is 30.3 Å². The Balaban J connectivity index is 1.94. The summed E-state index contributed by atoms with van der Waals surface area (Å²) in [5.74, 6) is -0.585. The Morgan fingerprint density at radius 1 is 1.08 bits per heavy atom. The maximum Gasteiger partial charge on any atom is 0.306 e. The van der Waals surface area contributed by atoms with Crippen molar-refractivity contribution in [1.29, 1.82) is 0 Å². The molecule has 0 saturated heterocycles. The number of aryl methyl sites for hydroxylation is 1. The minimum atomic E-state index is -0.499. The van der Waals surface area contributed by atoms with Crippen LogP contribution in [-0.4, -0.2) is 11.6 Å². The maximum atomic E-state index is 13.8. The van der Waals surface area contributed by atoms with E-state index in [0.717, 1.165) is 11.1 Å². The molecule has 0 radical (unpaired) electrons. The first-order chi connectivity index (χ1) is 11.3. The number of carbonyl (C=O) groups is 1. The normalized spacial score (nSPS) is 11.2. The van der Waals surface area contributed by atoms with Crippen molar-refractivity contribution in [3.05, 3.63) is 65.5 Å². The van der Waals surface area contributed by atoms with Gasteiger partial charge in [0.25, 0.3) is 0 Å². The Morgan fingerprint density at radius 2 is 1.79 bits per heavy atom. The lowest BCUT2D eigenvalue weighted by Crippen LogP contribution is -2.24. The maximum absolute atomic E-state index is 13.8. The molecule has 24 heavy (non-hydrogen) atoms. The van der Waals surface area contributed by atoms with Gasteiger partial charge in [0.05, 0.1) is 0 Å². The minimum absolute atomic E-state index is 0.235. The molecule has 2 rings (SSSR count). The molecule has 0 fully saturated rings. The number of hydrogen-bond donors (Lipinski definition) is 1. The summed E-state index contributed by atoms with van der Waals surface area (Å²) >= 11 is 0. The van der Waals surface area contributed by atoms with Crippen LogP contribution in [0.2, 0.25) is 0 Å². The van der Waals surface area contributed by atoms with E-state index in [1.807, 2.05) is 57.2 Å². The number of rotatable bonds is 6. The van der Waals surface area contributed by atoms with E-state index in [9.17, 15) is 9.18 Å². The Morgan fingerprint density at radius 3 is 2.46 bits per heavy atom. The van der Waals surface area contributed by atoms with Crippen molar-refractivity contribution in [2.75, 3.05) is 5.32 Å². The fraction of sp³-hybridized carbons (Fsp3) is 0.350. The largest absolute Gasteiger partial charge is 0.460 e. The van der Waals surface area contributed by atoms with E-state index in [-0.39, 0.29) is 18.2 Å². The van der Waals surface area contributed by atoms with Crippen molar-refractivity contribution in [3.63, 3.8) is 0 Å². The molecule has 0 saturated carbocycles. The molecule has 0 bridgehead atoms. The molecule has 0 aliphatic carbocycles. The molecule has 0 aromatic heterocycles. The summed E-state index contributed by atoms with van der Waals surface area (Å²) in [5.41, 5.74) is 2.10. The van der Waals surface area contributed by atoms with Gasteiger partial charge >= 0.3 is 5.97 Å². The van der Waals surface area contributed by atoms with Gasteiger partial charge in [-0.3, -0.25) is 4.79 Å². The van der Waals surface area contributed by atoms with E-state index in [2.05, 4.69) is 5.32 Å². The van der Waals surface area contributed by atoms with E-state index in [0.29, 0.717) is 18.7 Å². The first-order valence-corrected chi connectivity index (χ1v) is 8.11. The third-order valence-electron chi connectivity index (χ3n) is 3.33. The number of esters is 1. The average Bonchev–Trinajstić information content (AvgIpc) is 2.50. The Bertz CT molecular complexity index is 678. The predicted octanol–water partition coefficient (Wildman–Crippen LogP) is 4.71. The molecule has 3 nitrogen and oxygen atoms in total. The fourth-order valence-electron chi connectivity index (χ4n) is 2.34. The highest BCUT2D eigenvalue weighted by Gasteiger charge is 2.16. The second-order valence-corrected chi connectivity index (χ2v) is 6.77. The Kier molecular flexibility index (Phi) is 5.96. The lowest BCUT2D eigenvalue weighted by atomic mass is 10.1. The van der Waals surface area contributed by atoms with Crippen LogP contribution in [0.1, 0.15) is 38.3 Å². The van der Waals surface area contributed by atoms with Gasteiger partial charge < -0.3 is 10.1 Å². The molecular weight excluding hydrogens is 305 g/mol. The molecule has 1 N–H and O–H groups in total. The van der Waals surface area contributed by atoms with Crippen molar-refractivity contribution < 1.29 is 13.9 Å². The quantitative estimate of drug-likeness (QED) is 0.780. The van der Waals surface area contributed by atoms with Gasteiger partial charge in [0.15, 0.2) is 0 Å². The molecule has 2 aromatic rings. The van der Waals surface area contributed by atoms with E-state index in [4.69, 9.17) is 4.74 Å². The smallest absolute Gasteiger partial charge is 0.306 e. The molecule has 0 heterocycles. The van der Waals surface area contributed by atoms with Crippen LogP contribution in [0, 0.1) is 5.82 Å². The van der Waals surface area contributed by atoms with Crippen molar-refractivity contribution in [2.45, 2.75) is 45.8 Å². The van der Waals surface area contributed by atoms with Crippen LogP contribution in [0.3, 0.4) is 0 Å². The summed E-state index contributed by atoms with van der Waals surface area (Å²) in [4.78, 5) is 11.8. The fourth-order valence-corrected chi connectivity index (χ4v) is 2.34. The number of nitrogens with one attached hydrogen (secondary N) is 1. The second-order valence-electron chi connectivity index (χ2n) is 6.77. The summed E-state index contributed by atoms with van der Waals surface area (Å²) in [6.07, 6.45) is 0.686. The first kappa shape index (κ1) is 18.0. The number of ether oxygens (including phenoxy) is 1. The van der Waals surface area contributed by atoms with Crippen molar-refractivity contribution in [3.8, 4) is 0 Å². The van der Waals surface area contributed by atoms with Crippen LogP contribution in [0.15, 0.2) is 48.5 Å². The highest BCUT2D eigenvalue weighted by molar-refractivity contribution is 5.70. The molecule has 2 aromatic carbocycles. The lowest BCUT2D eigenvalue weighted by Gasteiger charge is -2.19. The Hall–Kier alpha value is -2.36. The molecule has 0 spiro atoms. The third-order valence-corrected chi connectivity index (χ3v) is 3.33. The standard InChI is InChI=1S/C20H24FNO2/c1-20(2,3)24-19(23)10-9-16-11-17(21)13-18(12-16)22-14-15-7-5-4-6-8-15/h4-8,11-13,22H,9-10,14H2,1-3H3. The van der Waals surface area contributed by atoms with Crippen LogP contribution < -0.4 is 5.32 Å². The zero-order valence-corrected chi connectivity index (χ0v) is 14.4. The van der Waals surface area contributed by atoms with Gasteiger partial charge in [-0.05, 0) is 56.5 Å². The molecule has 4 heteroatoms. The number of halogens is 1. The molecule has 0 aliphatic heterocycles. The highest BCUT2D eigenvalue weighted by Crippen LogP contribution is 2.17. The van der Waals surface area contributed by atoms with Crippen molar-refractivity contribution in [1.82, 2.24) is 0 Å². The SMILES string of the molecule is CC(C)(C)OC(=O)CCc1cc(F)cc(NCc2ccccc2)c1. The average molecular weight is 329 g/mol. The minimum Gasteiger partial charge on any atom is -0.460 e. The van der Waals surface area contributed by atoms with Gasteiger partial charge in [-0.2, -0.15) is 0 Å². The number of carbonyl (C=O) groups excluding carboxylic acids is 1. The molecule has 128 valence electrons. The van der Waals surface area contributed by atoms with Gasteiger partial charge in [0.1, 0.15) is 11.4 Å². The van der Waals surface area contributed by atoms with Crippen LogP contribution in [-0.2, 0) is 22.5 Å². The van der Waals surface area contributed by atoms with Gasteiger partial charge in [-0.15, -0.1) is 0 Å². The summed E-state index contributed by atoms with van der Waals surface area (Å²) < 4.78 is 19.1. The molecule has 0 atom stereocenters. The summed E-state index contributed by atoms with van der Waals surface area (Å²) in [5, 5.41) is 3.21. The van der Waals surface area contributed by atoms with E-state index < -0.39 is 5.60 Å². The molecular formula is C20H24FNO2. The van der Waals surface area contributed by atoms with Crippen LogP contribution in [0.4, 0.5) is 10.1 Å². The van der Waals surface area contributed by atoms with Gasteiger partial charge in [-0.25, -0.2) is 4.39 Å². The number of anilines is 1. The van der Waals surface area contributed by atoms with Crippen molar-refractivity contribution in [2.24, 2.45) is 0 Å². The predicted molar refractivity (Wildman–Crippen MR) is 94.3 cm³/mol. The number of hydrogen-bond acceptors (Lipinski definition) is 3. The monoisotopic (exact) mass is 329 g/mol. The van der Waals surface area contributed by atoms with Crippen LogP contribution in [0.5, 0.6) is 0 Å².